The molecule has 2 N–H and O–H groups in total. The molecule has 1 saturated heterocycles. The molecule has 0 radical (unpaired) electrons. The van der Waals surface area contributed by atoms with Crippen molar-refractivity contribution in [3.8, 4) is 0 Å². The number of hydrogen-bond donors (Lipinski definition) is 2. The smallest absolute Gasteiger partial charge is 0.249 e. The van der Waals surface area contributed by atoms with Crippen molar-refractivity contribution in [2.45, 2.75) is 18.9 Å². The van der Waals surface area contributed by atoms with Gasteiger partial charge in [-0.05, 0) is 6.42 Å². The van der Waals surface area contributed by atoms with Crippen LogP contribution in [0.15, 0.2) is 6.33 Å². The van der Waals surface area contributed by atoms with E-state index in [2.05, 4.69) is 20.0 Å². The molecule has 1 atom stereocenters. The fourth-order valence-corrected chi connectivity index (χ4v) is 1.70. The summed E-state index contributed by atoms with van der Waals surface area (Å²) in [5.41, 5.74) is 0. The molecular weight excluding hydrogens is 204 g/mol. The first-order valence-corrected chi connectivity index (χ1v) is 4.90. The van der Waals surface area contributed by atoms with Gasteiger partial charge in [-0.3, -0.25) is 14.9 Å². The molecule has 1 aromatic heterocycles. The Hall–Kier alpha value is -1.50. The van der Waals surface area contributed by atoms with Crippen LogP contribution in [-0.4, -0.2) is 27.2 Å². The number of amides is 2. The Kier molecular flexibility index (Phi) is 2.40. The number of piperidine rings is 1. The Morgan fingerprint density at radius 1 is 1.57 bits per heavy atom. The second kappa shape index (κ2) is 3.70. The Morgan fingerprint density at radius 2 is 2.43 bits per heavy atom. The molecule has 74 valence electrons. The van der Waals surface area contributed by atoms with E-state index >= 15 is 0 Å². The van der Waals surface area contributed by atoms with Gasteiger partial charge in [0.2, 0.25) is 16.9 Å². The highest BCUT2D eigenvalue weighted by molar-refractivity contribution is 7.09. The van der Waals surface area contributed by atoms with Crippen LogP contribution in [0.5, 0.6) is 0 Å². The van der Waals surface area contributed by atoms with E-state index in [0.717, 1.165) is 0 Å². The first-order valence-electron chi connectivity index (χ1n) is 4.12. The summed E-state index contributed by atoms with van der Waals surface area (Å²) in [6, 6.07) is -0.374. The van der Waals surface area contributed by atoms with Gasteiger partial charge in [0.05, 0.1) is 0 Å². The van der Waals surface area contributed by atoms with Crippen molar-refractivity contribution in [3.05, 3.63) is 6.33 Å². The molecule has 1 aromatic rings. The van der Waals surface area contributed by atoms with Gasteiger partial charge in [-0.1, -0.05) is 0 Å². The molecule has 0 saturated carbocycles. The number of anilines is 1. The van der Waals surface area contributed by atoms with Gasteiger partial charge < -0.3 is 5.32 Å². The van der Waals surface area contributed by atoms with Crippen LogP contribution in [-0.2, 0) is 9.59 Å². The molecule has 7 heteroatoms. The van der Waals surface area contributed by atoms with Crippen LogP contribution in [0.4, 0.5) is 5.13 Å². The minimum Gasteiger partial charge on any atom is -0.348 e. The van der Waals surface area contributed by atoms with Crippen LogP contribution in [0.25, 0.3) is 0 Å². The van der Waals surface area contributed by atoms with Crippen molar-refractivity contribution >= 4 is 28.5 Å². The molecule has 2 amide bonds. The maximum atomic E-state index is 11.3. The summed E-state index contributed by atoms with van der Waals surface area (Å²) >= 11 is 1.18. The van der Waals surface area contributed by atoms with Crippen LogP contribution in [0.1, 0.15) is 12.8 Å². The van der Waals surface area contributed by atoms with Gasteiger partial charge in [0.15, 0.2) is 0 Å². The molecule has 2 heterocycles. The van der Waals surface area contributed by atoms with Gasteiger partial charge in [-0.2, -0.15) is 4.37 Å². The van der Waals surface area contributed by atoms with Gasteiger partial charge in [0.1, 0.15) is 12.4 Å². The first-order chi connectivity index (χ1) is 6.75. The van der Waals surface area contributed by atoms with Crippen molar-refractivity contribution in [2.75, 3.05) is 5.32 Å². The Bertz CT molecular complexity index is 351. The number of nitrogens with zero attached hydrogens (tertiary/aromatic N) is 2. The molecule has 0 aromatic carbocycles. The zero-order chi connectivity index (χ0) is 9.97. The van der Waals surface area contributed by atoms with Crippen molar-refractivity contribution in [2.24, 2.45) is 0 Å². The quantitative estimate of drug-likeness (QED) is 0.661. The normalized spacial score (nSPS) is 21.9. The van der Waals surface area contributed by atoms with Gasteiger partial charge in [0.25, 0.3) is 0 Å². The highest BCUT2D eigenvalue weighted by Crippen LogP contribution is 2.13. The molecule has 1 fully saturated rings. The summed E-state index contributed by atoms with van der Waals surface area (Å²) in [4.78, 5) is 26.0. The minimum atomic E-state index is -0.374. The van der Waals surface area contributed by atoms with E-state index in [-0.39, 0.29) is 17.9 Å². The molecule has 0 bridgehead atoms. The average Bonchev–Trinajstić information content (AvgIpc) is 2.62. The van der Waals surface area contributed by atoms with Crippen LogP contribution in [0.3, 0.4) is 0 Å². The lowest BCUT2D eigenvalue weighted by atomic mass is 10.1. The van der Waals surface area contributed by atoms with Crippen molar-refractivity contribution in [3.63, 3.8) is 0 Å². The predicted octanol–water partition coefficient (Wildman–Crippen LogP) is -0.245. The van der Waals surface area contributed by atoms with Crippen molar-refractivity contribution in [1.29, 1.82) is 0 Å². The summed E-state index contributed by atoms with van der Waals surface area (Å²) in [6.45, 7) is 0. The van der Waals surface area contributed by atoms with Crippen LogP contribution in [0, 0.1) is 0 Å². The second-order valence-corrected chi connectivity index (χ2v) is 3.67. The minimum absolute atomic E-state index is 0.217. The van der Waals surface area contributed by atoms with E-state index in [0.29, 0.717) is 18.0 Å². The number of carbonyl (C=O) groups excluding carboxylic acids is 2. The summed E-state index contributed by atoms with van der Waals surface area (Å²) in [5, 5.41) is 5.77. The Labute approximate surface area is 83.9 Å². The maximum absolute atomic E-state index is 11.3. The molecule has 1 aliphatic rings. The van der Waals surface area contributed by atoms with E-state index in [1.165, 1.54) is 17.9 Å². The number of hydrogen-bond acceptors (Lipinski definition) is 6. The standard InChI is InChI=1S/C7H8N4O2S/c12-5-2-1-4(6(13)11-5)10-7-8-3-9-14-7/h3-4H,1-2H2,(H,8,9,10)(H,11,12,13). The monoisotopic (exact) mass is 212 g/mol. The number of nitrogens with one attached hydrogen (secondary N) is 2. The summed E-state index contributed by atoms with van der Waals surface area (Å²) < 4.78 is 3.80. The number of carbonyl (C=O) groups is 2. The average molecular weight is 212 g/mol. The third kappa shape index (κ3) is 1.87. The fourth-order valence-electron chi connectivity index (χ4n) is 1.22. The zero-order valence-electron chi connectivity index (χ0n) is 7.19. The molecule has 2 rings (SSSR count). The number of aromatic nitrogens is 2. The van der Waals surface area contributed by atoms with Crippen LogP contribution in [0.2, 0.25) is 0 Å². The SMILES string of the molecule is O=C1CCC(Nc2ncns2)C(=O)N1. The molecule has 0 aliphatic carbocycles. The summed E-state index contributed by atoms with van der Waals surface area (Å²) in [7, 11) is 0. The van der Waals surface area contributed by atoms with Crippen LogP contribution >= 0.6 is 11.5 Å². The zero-order valence-corrected chi connectivity index (χ0v) is 8.00. The third-order valence-electron chi connectivity index (χ3n) is 1.90. The Balaban J connectivity index is 1.99. The molecule has 14 heavy (non-hydrogen) atoms. The largest absolute Gasteiger partial charge is 0.348 e. The molecule has 1 unspecified atom stereocenters. The van der Waals surface area contributed by atoms with Crippen molar-refractivity contribution in [1.82, 2.24) is 14.7 Å². The lowest BCUT2D eigenvalue weighted by Crippen LogP contribution is -2.47. The van der Waals surface area contributed by atoms with E-state index in [4.69, 9.17) is 0 Å². The highest BCUT2D eigenvalue weighted by atomic mass is 32.1. The van der Waals surface area contributed by atoms with Gasteiger partial charge in [-0.25, -0.2) is 4.98 Å². The summed E-state index contributed by atoms with van der Waals surface area (Å²) in [5.74, 6) is -0.512. The maximum Gasteiger partial charge on any atom is 0.249 e. The van der Waals surface area contributed by atoms with Gasteiger partial charge in [-0.15, -0.1) is 0 Å². The molecule has 1 aliphatic heterocycles. The molecular formula is C7H8N4O2S. The number of rotatable bonds is 2. The molecule has 6 nitrogen and oxygen atoms in total. The van der Waals surface area contributed by atoms with E-state index < -0.39 is 0 Å². The van der Waals surface area contributed by atoms with E-state index in [1.807, 2.05) is 0 Å². The lowest BCUT2D eigenvalue weighted by Gasteiger charge is -2.20. The highest BCUT2D eigenvalue weighted by Gasteiger charge is 2.26. The van der Waals surface area contributed by atoms with E-state index in [1.54, 1.807) is 0 Å². The molecule has 0 spiro atoms. The Morgan fingerprint density at radius 3 is 3.07 bits per heavy atom. The third-order valence-corrected chi connectivity index (χ3v) is 2.49. The van der Waals surface area contributed by atoms with Gasteiger partial charge in [0, 0.05) is 18.0 Å². The van der Waals surface area contributed by atoms with Crippen LogP contribution < -0.4 is 10.6 Å². The number of imide groups is 1. The van der Waals surface area contributed by atoms with Crippen molar-refractivity contribution < 1.29 is 9.59 Å². The first kappa shape index (κ1) is 9.07. The second-order valence-electron chi connectivity index (χ2n) is 2.89. The predicted molar refractivity (Wildman–Crippen MR) is 49.7 cm³/mol. The topological polar surface area (TPSA) is 84.0 Å². The van der Waals surface area contributed by atoms with Gasteiger partial charge >= 0.3 is 0 Å². The summed E-state index contributed by atoms with van der Waals surface area (Å²) in [6.07, 6.45) is 2.28. The van der Waals surface area contributed by atoms with E-state index in [9.17, 15) is 9.59 Å². The lowest BCUT2D eigenvalue weighted by molar-refractivity contribution is -0.133. The fraction of sp³-hybridized carbons (Fsp3) is 0.429.